The maximum Gasteiger partial charge on any atom is 0.252 e. The van der Waals surface area contributed by atoms with Crippen LogP contribution in [-0.4, -0.2) is 39.8 Å². The summed E-state index contributed by atoms with van der Waals surface area (Å²) in [4.78, 5) is -0.601. The zero-order valence-electron chi connectivity index (χ0n) is 10.5. The Morgan fingerprint density at radius 3 is 2.47 bits per heavy atom. The van der Waals surface area contributed by atoms with Crippen molar-refractivity contribution >= 4 is 10.0 Å². The molecule has 0 fully saturated rings. The first-order chi connectivity index (χ1) is 8.78. The fraction of sp³-hybridized carbons (Fsp3) is 0.455. The summed E-state index contributed by atoms with van der Waals surface area (Å²) in [5.74, 6) is -0.950. The maximum absolute atomic E-state index is 13.7. The van der Waals surface area contributed by atoms with Gasteiger partial charge in [0.2, 0.25) is 10.0 Å². The van der Waals surface area contributed by atoms with E-state index in [2.05, 4.69) is 5.32 Å². The summed E-state index contributed by atoms with van der Waals surface area (Å²) in [5.41, 5.74) is 0.565. The smallest absolute Gasteiger partial charge is 0.252 e. The van der Waals surface area contributed by atoms with Crippen LogP contribution in [0.2, 0.25) is 0 Å². The number of hydrogen-bond acceptors (Lipinski definition) is 3. The van der Waals surface area contributed by atoms with Crippen LogP contribution in [0.3, 0.4) is 0 Å². The van der Waals surface area contributed by atoms with Crippen LogP contribution in [0.1, 0.15) is 5.56 Å². The molecule has 0 unspecified atom stereocenters. The van der Waals surface area contributed by atoms with E-state index in [1.54, 1.807) is 7.05 Å². The molecule has 0 amide bonds. The summed E-state index contributed by atoms with van der Waals surface area (Å²) in [5, 5.41) is 2.79. The monoisotopic (exact) mass is 296 g/mol. The normalized spacial score (nSPS) is 12.4. The van der Waals surface area contributed by atoms with Crippen molar-refractivity contribution in [3.63, 3.8) is 0 Å². The Morgan fingerprint density at radius 1 is 1.37 bits per heavy atom. The standard InChI is InChI=1S/C11H15F3N2O2S/c1-15-6-8-3-4-10(9(12)5-8)19(17,18)16(2)7-11(13)14/h3-5,11,15H,6-7H2,1-2H3. The quantitative estimate of drug-likeness (QED) is 0.864. The zero-order valence-corrected chi connectivity index (χ0v) is 11.3. The molecule has 0 heterocycles. The second-order valence-corrected chi connectivity index (χ2v) is 5.99. The van der Waals surface area contributed by atoms with Crippen LogP contribution in [0.15, 0.2) is 23.1 Å². The van der Waals surface area contributed by atoms with Crippen molar-refractivity contribution in [2.45, 2.75) is 17.9 Å². The molecule has 1 aromatic rings. The average molecular weight is 296 g/mol. The lowest BCUT2D eigenvalue weighted by Crippen LogP contribution is -2.32. The second-order valence-electron chi connectivity index (χ2n) is 3.97. The molecule has 8 heteroatoms. The van der Waals surface area contributed by atoms with Crippen molar-refractivity contribution in [3.8, 4) is 0 Å². The van der Waals surface area contributed by atoms with Crippen molar-refractivity contribution in [2.24, 2.45) is 0 Å². The van der Waals surface area contributed by atoms with E-state index >= 15 is 0 Å². The zero-order chi connectivity index (χ0) is 14.6. The van der Waals surface area contributed by atoms with E-state index < -0.39 is 33.7 Å². The van der Waals surface area contributed by atoms with Crippen molar-refractivity contribution in [1.29, 1.82) is 0 Å². The van der Waals surface area contributed by atoms with Gasteiger partial charge in [0.25, 0.3) is 6.43 Å². The molecule has 108 valence electrons. The Kier molecular flexibility index (Phi) is 5.33. The molecule has 1 N–H and O–H groups in total. The van der Waals surface area contributed by atoms with Gasteiger partial charge in [0.1, 0.15) is 10.7 Å². The van der Waals surface area contributed by atoms with Crippen molar-refractivity contribution in [1.82, 2.24) is 9.62 Å². The highest BCUT2D eigenvalue weighted by Gasteiger charge is 2.26. The summed E-state index contributed by atoms with van der Waals surface area (Å²) in [7, 11) is -1.58. The van der Waals surface area contributed by atoms with Crippen molar-refractivity contribution in [3.05, 3.63) is 29.6 Å². The lowest BCUT2D eigenvalue weighted by atomic mass is 10.2. The van der Waals surface area contributed by atoms with E-state index in [1.165, 1.54) is 6.07 Å². The number of benzene rings is 1. The average Bonchev–Trinajstić information content (AvgIpc) is 2.28. The molecule has 19 heavy (non-hydrogen) atoms. The van der Waals surface area contributed by atoms with Gasteiger partial charge in [-0.05, 0) is 24.7 Å². The highest BCUT2D eigenvalue weighted by atomic mass is 32.2. The predicted octanol–water partition coefficient (Wildman–Crippen LogP) is 1.43. The van der Waals surface area contributed by atoms with Crippen LogP contribution in [0, 0.1) is 5.82 Å². The van der Waals surface area contributed by atoms with Gasteiger partial charge in [-0.25, -0.2) is 21.6 Å². The fourth-order valence-corrected chi connectivity index (χ4v) is 2.72. The van der Waals surface area contributed by atoms with Gasteiger partial charge in [0.15, 0.2) is 0 Å². The Balaban J connectivity index is 3.08. The minimum absolute atomic E-state index is 0.379. The Bertz CT molecular complexity index is 535. The minimum Gasteiger partial charge on any atom is -0.316 e. The van der Waals surface area contributed by atoms with Crippen LogP contribution < -0.4 is 5.32 Å². The number of nitrogens with zero attached hydrogens (tertiary/aromatic N) is 1. The molecule has 0 saturated heterocycles. The van der Waals surface area contributed by atoms with Gasteiger partial charge < -0.3 is 5.32 Å². The Labute approximate surface area is 110 Å². The molecule has 4 nitrogen and oxygen atoms in total. The Morgan fingerprint density at radius 2 is 2.00 bits per heavy atom. The largest absolute Gasteiger partial charge is 0.316 e. The maximum atomic E-state index is 13.7. The topological polar surface area (TPSA) is 49.4 Å². The third-order valence-corrected chi connectivity index (χ3v) is 4.32. The van der Waals surface area contributed by atoms with Gasteiger partial charge in [-0.15, -0.1) is 0 Å². The summed E-state index contributed by atoms with van der Waals surface area (Å²) in [6.07, 6.45) is -2.81. The van der Waals surface area contributed by atoms with Crippen LogP contribution in [0.4, 0.5) is 13.2 Å². The van der Waals surface area contributed by atoms with Crippen LogP contribution in [-0.2, 0) is 16.6 Å². The first-order valence-corrected chi connectivity index (χ1v) is 6.90. The summed E-state index contributed by atoms with van der Waals surface area (Å²) < 4.78 is 62.3. The molecule has 0 aromatic heterocycles. The molecule has 1 rings (SSSR count). The number of halogens is 3. The molecule has 0 atom stereocenters. The second kappa shape index (κ2) is 6.36. The molecule has 0 radical (unpaired) electrons. The molecule has 0 saturated carbocycles. The summed E-state index contributed by atoms with van der Waals surface area (Å²) in [6, 6.07) is 3.58. The predicted molar refractivity (Wildman–Crippen MR) is 65.0 cm³/mol. The molecule has 0 aliphatic carbocycles. The van der Waals surface area contributed by atoms with Crippen LogP contribution in [0.5, 0.6) is 0 Å². The SMILES string of the molecule is CNCc1ccc(S(=O)(=O)N(C)CC(F)F)c(F)c1. The van der Waals surface area contributed by atoms with Gasteiger partial charge in [-0.1, -0.05) is 6.07 Å². The molecule has 0 spiro atoms. The van der Waals surface area contributed by atoms with E-state index in [0.717, 1.165) is 19.2 Å². The first kappa shape index (κ1) is 15.9. The molecular weight excluding hydrogens is 281 g/mol. The van der Waals surface area contributed by atoms with Crippen LogP contribution >= 0.6 is 0 Å². The van der Waals surface area contributed by atoms with Gasteiger partial charge >= 0.3 is 0 Å². The summed E-state index contributed by atoms with van der Waals surface area (Å²) >= 11 is 0. The molecule has 0 aliphatic heterocycles. The number of nitrogens with one attached hydrogen (secondary N) is 1. The molecular formula is C11H15F3N2O2S. The lowest BCUT2D eigenvalue weighted by molar-refractivity contribution is 0.126. The van der Waals surface area contributed by atoms with E-state index in [-0.39, 0.29) is 0 Å². The van der Waals surface area contributed by atoms with Gasteiger partial charge in [-0.2, -0.15) is 4.31 Å². The van der Waals surface area contributed by atoms with Crippen LogP contribution in [0.25, 0.3) is 0 Å². The van der Waals surface area contributed by atoms with E-state index in [1.807, 2.05) is 0 Å². The van der Waals surface area contributed by atoms with E-state index in [9.17, 15) is 21.6 Å². The highest BCUT2D eigenvalue weighted by Crippen LogP contribution is 2.20. The number of sulfonamides is 1. The van der Waals surface area contributed by atoms with Gasteiger partial charge in [-0.3, -0.25) is 0 Å². The highest BCUT2D eigenvalue weighted by molar-refractivity contribution is 7.89. The van der Waals surface area contributed by atoms with E-state index in [0.29, 0.717) is 16.4 Å². The molecule has 0 aliphatic rings. The van der Waals surface area contributed by atoms with Crippen molar-refractivity contribution in [2.75, 3.05) is 20.6 Å². The third kappa shape index (κ3) is 3.92. The molecule has 0 bridgehead atoms. The summed E-state index contributed by atoms with van der Waals surface area (Å²) in [6.45, 7) is -0.593. The Hall–Kier alpha value is -1.12. The molecule has 1 aromatic carbocycles. The van der Waals surface area contributed by atoms with E-state index in [4.69, 9.17) is 0 Å². The third-order valence-electron chi connectivity index (χ3n) is 2.46. The number of rotatable bonds is 6. The number of hydrogen-bond donors (Lipinski definition) is 1. The number of alkyl halides is 2. The lowest BCUT2D eigenvalue weighted by Gasteiger charge is -2.17. The first-order valence-electron chi connectivity index (χ1n) is 5.46. The van der Waals surface area contributed by atoms with Crippen molar-refractivity contribution < 1.29 is 21.6 Å². The minimum atomic E-state index is -4.24. The fourth-order valence-electron chi connectivity index (χ4n) is 1.53. The van der Waals surface area contributed by atoms with Gasteiger partial charge in [0.05, 0.1) is 6.54 Å². The van der Waals surface area contributed by atoms with Gasteiger partial charge in [0, 0.05) is 13.6 Å².